The van der Waals surface area contributed by atoms with E-state index in [0.717, 1.165) is 12.1 Å². The molecular formula is C20H13F3N4O2. The number of amides is 1. The van der Waals surface area contributed by atoms with Crippen molar-refractivity contribution >= 4 is 22.5 Å². The van der Waals surface area contributed by atoms with Crippen LogP contribution in [0.3, 0.4) is 0 Å². The molecule has 0 bridgehead atoms. The van der Waals surface area contributed by atoms with Crippen LogP contribution in [-0.2, 0) is 6.18 Å². The fourth-order valence-corrected chi connectivity index (χ4v) is 2.99. The van der Waals surface area contributed by atoms with Gasteiger partial charge in [0.15, 0.2) is 5.43 Å². The van der Waals surface area contributed by atoms with Crippen molar-refractivity contribution in [3.63, 3.8) is 0 Å². The van der Waals surface area contributed by atoms with Crippen LogP contribution in [0.1, 0.15) is 16.1 Å². The maximum Gasteiger partial charge on any atom is 0.418 e. The third-order valence-corrected chi connectivity index (χ3v) is 4.35. The molecule has 4 aromatic rings. The van der Waals surface area contributed by atoms with Crippen LogP contribution in [0.4, 0.5) is 18.9 Å². The van der Waals surface area contributed by atoms with Crippen LogP contribution in [0.15, 0.2) is 65.7 Å². The highest BCUT2D eigenvalue weighted by Gasteiger charge is 2.34. The average molecular weight is 398 g/mol. The number of anilines is 1. The van der Waals surface area contributed by atoms with Gasteiger partial charge in [-0.3, -0.25) is 14.7 Å². The summed E-state index contributed by atoms with van der Waals surface area (Å²) >= 11 is 0. The van der Waals surface area contributed by atoms with Crippen LogP contribution in [0, 0.1) is 0 Å². The predicted octanol–water partition coefficient (Wildman–Crippen LogP) is 4.19. The molecule has 9 heteroatoms. The van der Waals surface area contributed by atoms with Crippen molar-refractivity contribution in [3.8, 4) is 11.1 Å². The Morgan fingerprint density at radius 1 is 1.03 bits per heavy atom. The van der Waals surface area contributed by atoms with Crippen molar-refractivity contribution in [2.75, 3.05) is 5.32 Å². The van der Waals surface area contributed by atoms with Gasteiger partial charge in [0.1, 0.15) is 5.69 Å². The molecule has 2 aromatic carbocycles. The Morgan fingerprint density at radius 2 is 1.79 bits per heavy atom. The minimum Gasteiger partial charge on any atom is -0.350 e. The van der Waals surface area contributed by atoms with Crippen molar-refractivity contribution < 1.29 is 18.0 Å². The second kappa shape index (κ2) is 6.93. The smallest absolute Gasteiger partial charge is 0.350 e. The topological polar surface area (TPSA) is 90.6 Å². The van der Waals surface area contributed by atoms with Crippen molar-refractivity contribution in [2.45, 2.75) is 6.18 Å². The fourth-order valence-electron chi connectivity index (χ4n) is 2.99. The Morgan fingerprint density at radius 3 is 2.45 bits per heavy atom. The van der Waals surface area contributed by atoms with E-state index in [1.807, 2.05) is 0 Å². The second-order valence-electron chi connectivity index (χ2n) is 6.30. The van der Waals surface area contributed by atoms with Gasteiger partial charge >= 0.3 is 6.18 Å². The highest BCUT2D eigenvalue weighted by Crippen LogP contribution is 2.36. The second-order valence-corrected chi connectivity index (χ2v) is 6.30. The molecule has 0 atom stereocenters. The molecule has 0 saturated carbocycles. The number of alkyl halides is 3. The molecule has 0 fully saturated rings. The molecule has 2 heterocycles. The highest BCUT2D eigenvalue weighted by atomic mass is 19.4. The average Bonchev–Trinajstić information content (AvgIpc) is 3.22. The molecule has 146 valence electrons. The summed E-state index contributed by atoms with van der Waals surface area (Å²) in [6, 6.07) is 11.6. The van der Waals surface area contributed by atoms with E-state index < -0.39 is 28.6 Å². The number of hydrogen-bond donors (Lipinski definition) is 3. The first kappa shape index (κ1) is 18.5. The van der Waals surface area contributed by atoms with E-state index in [9.17, 15) is 22.8 Å². The highest BCUT2D eigenvalue weighted by molar-refractivity contribution is 6.04. The number of hydrogen-bond acceptors (Lipinski definition) is 3. The van der Waals surface area contributed by atoms with Crippen LogP contribution in [0.25, 0.3) is 22.0 Å². The summed E-state index contributed by atoms with van der Waals surface area (Å²) in [5.74, 6) is -0.720. The van der Waals surface area contributed by atoms with Crippen LogP contribution in [0.5, 0.6) is 0 Å². The van der Waals surface area contributed by atoms with Gasteiger partial charge in [-0.25, -0.2) is 0 Å². The summed E-state index contributed by atoms with van der Waals surface area (Å²) < 4.78 is 41.1. The summed E-state index contributed by atoms with van der Waals surface area (Å²) in [6.45, 7) is 0. The molecule has 0 aliphatic carbocycles. The van der Waals surface area contributed by atoms with Gasteiger partial charge in [0.05, 0.1) is 17.3 Å². The summed E-state index contributed by atoms with van der Waals surface area (Å²) in [5, 5.41) is 8.62. The van der Waals surface area contributed by atoms with Crippen LogP contribution in [0.2, 0.25) is 0 Å². The van der Waals surface area contributed by atoms with Crippen molar-refractivity contribution in [1.82, 2.24) is 15.2 Å². The van der Waals surface area contributed by atoms with E-state index in [-0.39, 0.29) is 16.6 Å². The number of nitrogens with one attached hydrogen (secondary N) is 3. The van der Waals surface area contributed by atoms with Gasteiger partial charge in [-0.05, 0) is 29.8 Å². The van der Waals surface area contributed by atoms with Crippen molar-refractivity contribution in [1.29, 1.82) is 0 Å². The Balaban J connectivity index is 1.87. The number of halogens is 3. The SMILES string of the molecule is O=C(Nc1ccccc1)c1cc(=O)c2cc(-c3cn[nH]c3)cc(C(F)(F)F)c2[nH]1. The number of fused-ring (bicyclic) bond motifs is 1. The first-order valence-electron chi connectivity index (χ1n) is 8.47. The van der Waals surface area contributed by atoms with Crippen LogP contribution in [-0.4, -0.2) is 21.1 Å². The molecule has 29 heavy (non-hydrogen) atoms. The van der Waals surface area contributed by atoms with Gasteiger partial charge < -0.3 is 10.3 Å². The van der Waals surface area contributed by atoms with Gasteiger partial charge in [0.25, 0.3) is 5.91 Å². The monoisotopic (exact) mass is 398 g/mol. The molecule has 3 N–H and O–H groups in total. The largest absolute Gasteiger partial charge is 0.418 e. The summed E-state index contributed by atoms with van der Waals surface area (Å²) in [7, 11) is 0. The van der Waals surface area contributed by atoms with Crippen molar-refractivity contribution in [3.05, 3.63) is 82.4 Å². The molecule has 0 aliphatic heterocycles. The van der Waals surface area contributed by atoms with Gasteiger partial charge in [-0.2, -0.15) is 18.3 Å². The number of pyridine rings is 1. The molecule has 0 spiro atoms. The van der Waals surface area contributed by atoms with Gasteiger partial charge in [-0.1, -0.05) is 18.2 Å². The quantitative estimate of drug-likeness (QED) is 0.483. The fraction of sp³-hybridized carbons (Fsp3) is 0.0500. The Hall–Kier alpha value is -3.88. The molecule has 1 amide bonds. The van der Waals surface area contributed by atoms with E-state index in [4.69, 9.17) is 0 Å². The van der Waals surface area contributed by atoms with Crippen LogP contribution < -0.4 is 10.7 Å². The number of carbonyl (C=O) groups excluding carboxylic acids is 1. The molecule has 6 nitrogen and oxygen atoms in total. The number of aromatic amines is 2. The van der Waals surface area contributed by atoms with E-state index in [1.54, 1.807) is 30.3 Å². The first-order valence-corrected chi connectivity index (χ1v) is 8.47. The Labute approximate surface area is 161 Å². The maximum atomic E-state index is 13.7. The van der Waals surface area contributed by atoms with E-state index in [0.29, 0.717) is 11.3 Å². The lowest BCUT2D eigenvalue weighted by Crippen LogP contribution is -2.19. The summed E-state index contributed by atoms with van der Waals surface area (Å²) in [6.07, 6.45) is -1.95. The third-order valence-electron chi connectivity index (χ3n) is 4.35. The minimum atomic E-state index is -4.74. The first-order chi connectivity index (χ1) is 13.8. The van der Waals surface area contributed by atoms with Crippen LogP contribution >= 0.6 is 0 Å². The normalized spacial score (nSPS) is 11.6. The molecule has 0 aliphatic rings. The van der Waals surface area contributed by atoms with Crippen molar-refractivity contribution in [2.24, 2.45) is 0 Å². The number of para-hydroxylation sites is 1. The number of rotatable bonds is 3. The summed E-state index contributed by atoms with van der Waals surface area (Å²) in [4.78, 5) is 27.5. The molecular weight excluding hydrogens is 385 g/mol. The molecule has 0 unspecified atom stereocenters. The van der Waals surface area contributed by atoms with E-state index >= 15 is 0 Å². The zero-order chi connectivity index (χ0) is 20.6. The molecule has 0 radical (unpaired) electrons. The molecule has 2 aromatic heterocycles. The number of H-pyrrole nitrogens is 2. The minimum absolute atomic E-state index is 0.174. The zero-order valence-electron chi connectivity index (χ0n) is 14.7. The predicted molar refractivity (Wildman–Crippen MR) is 102 cm³/mol. The lowest BCUT2D eigenvalue weighted by molar-refractivity contribution is -0.136. The zero-order valence-corrected chi connectivity index (χ0v) is 14.7. The lowest BCUT2D eigenvalue weighted by Gasteiger charge is -2.14. The number of aromatic nitrogens is 3. The van der Waals surface area contributed by atoms with E-state index in [2.05, 4.69) is 20.5 Å². The van der Waals surface area contributed by atoms with Gasteiger partial charge in [0.2, 0.25) is 0 Å². The van der Waals surface area contributed by atoms with Gasteiger partial charge in [-0.15, -0.1) is 0 Å². The molecule has 4 rings (SSSR count). The van der Waals surface area contributed by atoms with E-state index in [1.165, 1.54) is 18.5 Å². The lowest BCUT2D eigenvalue weighted by atomic mass is 10.0. The maximum absolute atomic E-state index is 13.7. The third kappa shape index (κ3) is 3.62. The Bertz CT molecular complexity index is 1250. The molecule has 0 saturated heterocycles. The number of benzene rings is 2. The standard InChI is InChI=1S/C20H13F3N4O2/c21-20(22,23)15-7-11(12-9-24-25-10-12)6-14-17(28)8-16(27-18(14)15)19(29)26-13-4-2-1-3-5-13/h1-10H,(H,24,25)(H,26,29)(H,27,28). The number of carbonyl (C=O) groups is 1. The van der Waals surface area contributed by atoms with Gasteiger partial charge in [0, 0.05) is 28.9 Å². The summed E-state index contributed by atoms with van der Waals surface area (Å²) in [5.41, 5.74) is -1.42. The number of nitrogens with zero attached hydrogens (tertiary/aromatic N) is 1. The Kier molecular flexibility index (Phi) is 4.42.